The summed E-state index contributed by atoms with van der Waals surface area (Å²) in [5.41, 5.74) is 3.36. The maximum atomic E-state index is 13.6. The summed E-state index contributed by atoms with van der Waals surface area (Å²) in [5.74, 6) is 0.515. The number of hydrogen-bond donors (Lipinski definition) is 0. The zero-order valence-electron chi connectivity index (χ0n) is 18.9. The molecule has 6 heteroatoms. The molecule has 0 unspecified atom stereocenters. The van der Waals surface area contributed by atoms with Crippen LogP contribution >= 0.6 is 0 Å². The molecule has 0 fully saturated rings. The lowest BCUT2D eigenvalue weighted by Gasteiger charge is -2.22. The maximum absolute atomic E-state index is 13.6. The number of nitrogens with zero attached hydrogens (tertiary/aromatic N) is 2. The standard InChI is InChI=1S/C27H26N2O4/c1-28(17-19-10-6-4-7-11-19)25-24(21-12-8-5-9-13-21)26(30)29(27(25)31)18-20-14-15-22(32-2)23(16-20)33-3/h4-16H,17-18H2,1-3H3. The van der Waals surface area contributed by atoms with E-state index in [1.165, 1.54) is 4.90 Å². The van der Waals surface area contributed by atoms with Crippen molar-refractivity contribution < 1.29 is 19.1 Å². The summed E-state index contributed by atoms with van der Waals surface area (Å²) < 4.78 is 10.7. The average molecular weight is 443 g/mol. The van der Waals surface area contributed by atoms with E-state index < -0.39 is 0 Å². The summed E-state index contributed by atoms with van der Waals surface area (Å²) in [6.07, 6.45) is 0. The Labute approximate surface area is 193 Å². The Morgan fingerprint density at radius 2 is 1.39 bits per heavy atom. The van der Waals surface area contributed by atoms with Crippen molar-refractivity contribution in [2.75, 3.05) is 21.3 Å². The first-order valence-electron chi connectivity index (χ1n) is 10.6. The third kappa shape index (κ3) is 4.46. The van der Waals surface area contributed by atoms with E-state index in [-0.39, 0.29) is 18.4 Å². The molecule has 1 aliphatic rings. The molecule has 1 aliphatic heterocycles. The molecule has 4 rings (SSSR count). The zero-order chi connectivity index (χ0) is 23.4. The summed E-state index contributed by atoms with van der Waals surface area (Å²) in [7, 11) is 4.96. The van der Waals surface area contributed by atoms with Gasteiger partial charge in [0.05, 0.1) is 26.3 Å². The number of carbonyl (C=O) groups excluding carboxylic acids is 2. The van der Waals surface area contributed by atoms with Crippen molar-refractivity contribution in [3.05, 3.63) is 101 Å². The first kappa shape index (κ1) is 22.1. The summed E-state index contributed by atoms with van der Waals surface area (Å²) in [4.78, 5) is 30.2. The molecule has 33 heavy (non-hydrogen) atoms. The molecule has 0 aromatic heterocycles. The van der Waals surface area contributed by atoms with Crippen LogP contribution in [0.1, 0.15) is 16.7 Å². The second-order valence-corrected chi connectivity index (χ2v) is 7.82. The van der Waals surface area contributed by atoms with Gasteiger partial charge < -0.3 is 14.4 Å². The molecule has 0 N–H and O–H groups in total. The highest BCUT2D eigenvalue weighted by Crippen LogP contribution is 2.34. The van der Waals surface area contributed by atoms with Gasteiger partial charge in [-0.05, 0) is 28.8 Å². The quantitative estimate of drug-likeness (QED) is 0.492. The van der Waals surface area contributed by atoms with Crippen LogP contribution in [-0.4, -0.2) is 42.9 Å². The number of imide groups is 1. The Bertz CT molecular complexity index is 1190. The van der Waals surface area contributed by atoms with E-state index >= 15 is 0 Å². The van der Waals surface area contributed by atoms with E-state index in [9.17, 15) is 9.59 Å². The molecule has 3 aromatic carbocycles. The van der Waals surface area contributed by atoms with Crippen LogP contribution in [0.4, 0.5) is 0 Å². The van der Waals surface area contributed by atoms with Gasteiger partial charge in [-0.3, -0.25) is 14.5 Å². The predicted octanol–water partition coefficient (Wildman–Crippen LogP) is 4.12. The van der Waals surface area contributed by atoms with E-state index in [1.807, 2.05) is 78.7 Å². The van der Waals surface area contributed by atoms with Crippen molar-refractivity contribution in [1.29, 1.82) is 0 Å². The fourth-order valence-corrected chi connectivity index (χ4v) is 4.02. The van der Waals surface area contributed by atoms with Gasteiger partial charge in [-0.15, -0.1) is 0 Å². The number of rotatable bonds is 8. The molecule has 3 aromatic rings. The van der Waals surface area contributed by atoms with E-state index in [4.69, 9.17) is 9.47 Å². The Hall–Kier alpha value is -4.06. The highest BCUT2D eigenvalue weighted by atomic mass is 16.5. The molecule has 0 saturated carbocycles. The van der Waals surface area contributed by atoms with Crippen LogP contribution < -0.4 is 9.47 Å². The molecule has 0 atom stereocenters. The first-order valence-corrected chi connectivity index (χ1v) is 10.6. The molecule has 0 aliphatic carbocycles. The van der Waals surface area contributed by atoms with Crippen molar-refractivity contribution in [3.63, 3.8) is 0 Å². The van der Waals surface area contributed by atoms with Gasteiger partial charge >= 0.3 is 0 Å². The lowest BCUT2D eigenvalue weighted by molar-refractivity contribution is -0.138. The molecule has 168 valence electrons. The van der Waals surface area contributed by atoms with Crippen LogP contribution in [0.25, 0.3) is 5.57 Å². The highest BCUT2D eigenvalue weighted by Gasteiger charge is 2.40. The van der Waals surface area contributed by atoms with Gasteiger partial charge in [0, 0.05) is 13.6 Å². The summed E-state index contributed by atoms with van der Waals surface area (Å²) in [5, 5.41) is 0. The molecule has 0 bridgehead atoms. The number of benzene rings is 3. The van der Waals surface area contributed by atoms with Gasteiger partial charge in [0.25, 0.3) is 11.8 Å². The van der Waals surface area contributed by atoms with E-state index in [1.54, 1.807) is 26.4 Å². The minimum Gasteiger partial charge on any atom is -0.493 e. The number of likely N-dealkylation sites (N-methyl/N-ethyl adjacent to an activating group) is 1. The largest absolute Gasteiger partial charge is 0.493 e. The fraction of sp³-hybridized carbons (Fsp3) is 0.185. The zero-order valence-corrected chi connectivity index (χ0v) is 18.9. The minimum absolute atomic E-state index is 0.136. The van der Waals surface area contributed by atoms with Gasteiger partial charge in [-0.1, -0.05) is 66.7 Å². The molecule has 0 spiro atoms. The van der Waals surface area contributed by atoms with Crippen molar-refractivity contribution in [2.45, 2.75) is 13.1 Å². The Morgan fingerprint density at radius 3 is 2.03 bits per heavy atom. The van der Waals surface area contributed by atoms with Crippen LogP contribution in [0.3, 0.4) is 0 Å². The molecule has 0 radical (unpaired) electrons. The number of amides is 2. The normalized spacial score (nSPS) is 13.5. The van der Waals surface area contributed by atoms with Gasteiger partial charge in [0.1, 0.15) is 5.70 Å². The predicted molar refractivity (Wildman–Crippen MR) is 126 cm³/mol. The second kappa shape index (κ2) is 9.61. The minimum atomic E-state index is -0.313. The Morgan fingerprint density at radius 1 is 0.758 bits per heavy atom. The Balaban J connectivity index is 1.69. The third-order valence-electron chi connectivity index (χ3n) is 5.64. The topological polar surface area (TPSA) is 59.1 Å². The van der Waals surface area contributed by atoms with Crippen LogP contribution in [0, 0.1) is 0 Å². The van der Waals surface area contributed by atoms with Crippen LogP contribution in [0.15, 0.2) is 84.6 Å². The van der Waals surface area contributed by atoms with Crippen molar-refractivity contribution in [3.8, 4) is 11.5 Å². The molecule has 1 heterocycles. The maximum Gasteiger partial charge on any atom is 0.278 e. The smallest absolute Gasteiger partial charge is 0.278 e. The number of hydrogen-bond acceptors (Lipinski definition) is 5. The summed E-state index contributed by atoms with van der Waals surface area (Å²) in [6, 6.07) is 24.6. The monoisotopic (exact) mass is 442 g/mol. The molecule has 6 nitrogen and oxygen atoms in total. The van der Waals surface area contributed by atoms with Gasteiger partial charge in [0.2, 0.25) is 0 Å². The number of methoxy groups -OCH3 is 2. The molecular formula is C27H26N2O4. The lowest BCUT2D eigenvalue weighted by Crippen LogP contribution is -2.33. The van der Waals surface area contributed by atoms with Crippen LogP contribution in [0.5, 0.6) is 11.5 Å². The van der Waals surface area contributed by atoms with Crippen LogP contribution in [0.2, 0.25) is 0 Å². The van der Waals surface area contributed by atoms with Gasteiger partial charge in [0.15, 0.2) is 11.5 Å². The first-order chi connectivity index (χ1) is 16.0. The average Bonchev–Trinajstić information content (AvgIpc) is 3.10. The number of carbonyl (C=O) groups is 2. The van der Waals surface area contributed by atoms with Crippen LogP contribution in [-0.2, 0) is 22.7 Å². The molecular weight excluding hydrogens is 416 g/mol. The van der Waals surface area contributed by atoms with Gasteiger partial charge in [-0.2, -0.15) is 0 Å². The fourth-order valence-electron chi connectivity index (χ4n) is 4.02. The number of ether oxygens (including phenoxy) is 2. The van der Waals surface area contributed by atoms with Crippen molar-refractivity contribution in [1.82, 2.24) is 9.80 Å². The molecule has 0 saturated heterocycles. The van der Waals surface area contributed by atoms with E-state index in [0.29, 0.717) is 29.3 Å². The Kier molecular flexibility index (Phi) is 6.45. The van der Waals surface area contributed by atoms with Crippen molar-refractivity contribution in [2.24, 2.45) is 0 Å². The third-order valence-corrected chi connectivity index (χ3v) is 5.64. The second-order valence-electron chi connectivity index (χ2n) is 7.82. The molecule has 2 amide bonds. The highest BCUT2D eigenvalue weighted by molar-refractivity contribution is 6.35. The summed E-state index contributed by atoms with van der Waals surface area (Å²) >= 11 is 0. The lowest BCUT2D eigenvalue weighted by atomic mass is 10.0. The SMILES string of the molecule is COc1ccc(CN2C(=O)C(c3ccccc3)=C(N(C)Cc3ccccc3)C2=O)cc1OC. The van der Waals surface area contributed by atoms with E-state index in [2.05, 4.69) is 0 Å². The summed E-state index contributed by atoms with van der Waals surface area (Å²) in [6.45, 7) is 0.646. The van der Waals surface area contributed by atoms with E-state index in [0.717, 1.165) is 16.7 Å². The van der Waals surface area contributed by atoms with Gasteiger partial charge in [-0.25, -0.2) is 0 Å². The van der Waals surface area contributed by atoms with Crippen molar-refractivity contribution >= 4 is 17.4 Å².